The molecule has 2 heterocycles. The molecular weight excluding hydrogens is 251 g/mol. The first-order valence-electron chi connectivity index (χ1n) is 7.95. The Morgan fingerprint density at radius 2 is 2.00 bits per heavy atom. The molecule has 1 aliphatic carbocycles. The van der Waals surface area contributed by atoms with Crippen LogP contribution in [0.5, 0.6) is 0 Å². The molecule has 3 aliphatic rings. The second-order valence-electron chi connectivity index (χ2n) is 6.47. The van der Waals surface area contributed by atoms with E-state index in [1.807, 2.05) is 12.1 Å². The van der Waals surface area contributed by atoms with Gasteiger partial charge >= 0.3 is 0 Å². The molecule has 1 aromatic rings. The summed E-state index contributed by atoms with van der Waals surface area (Å²) in [4.78, 5) is 2.67. The van der Waals surface area contributed by atoms with Gasteiger partial charge in [-0.2, -0.15) is 0 Å². The van der Waals surface area contributed by atoms with Crippen molar-refractivity contribution in [1.82, 2.24) is 4.90 Å². The third-order valence-electron chi connectivity index (χ3n) is 5.07. The quantitative estimate of drug-likeness (QED) is 0.896. The second kappa shape index (κ2) is 6.23. The van der Waals surface area contributed by atoms with Crippen molar-refractivity contribution in [1.29, 1.82) is 0 Å². The lowest BCUT2D eigenvalue weighted by Gasteiger charge is -2.50. The molecule has 1 aromatic carbocycles. The maximum absolute atomic E-state index is 13.0. The molecule has 2 aliphatic heterocycles. The molecule has 0 amide bonds. The number of rotatable bonds is 5. The van der Waals surface area contributed by atoms with Crippen LogP contribution in [0.1, 0.15) is 31.2 Å². The van der Waals surface area contributed by atoms with E-state index in [0.717, 1.165) is 43.8 Å². The summed E-state index contributed by atoms with van der Waals surface area (Å²) in [5.41, 5.74) is 6.93. The second-order valence-corrected chi connectivity index (χ2v) is 6.47. The molecule has 3 heteroatoms. The van der Waals surface area contributed by atoms with E-state index in [4.69, 9.17) is 5.73 Å². The Morgan fingerprint density at radius 3 is 2.70 bits per heavy atom. The van der Waals surface area contributed by atoms with Crippen LogP contribution in [0.2, 0.25) is 0 Å². The first-order valence-corrected chi connectivity index (χ1v) is 7.95. The van der Waals surface area contributed by atoms with Crippen LogP contribution in [0, 0.1) is 17.7 Å². The first-order chi connectivity index (χ1) is 9.76. The Morgan fingerprint density at radius 1 is 1.20 bits per heavy atom. The molecule has 3 atom stereocenters. The largest absolute Gasteiger partial charge is 0.330 e. The van der Waals surface area contributed by atoms with Gasteiger partial charge in [0.1, 0.15) is 5.82 Å². The number of piperidine rings is 2. The minimum atomic E-state index is -0.136. The average molecular weight is 276 g/mol. The van der Waals surface area contributed by atoms with Crippen molar-refractivity contribution in [2.45, 2.75) is 38.1 Å². The number of nitrogens with two attached hydrogens (primary N) is 1. The molecule has 2 N–H and O–H groups in total. The molecule has 2 nitrogen and oxygen atoms in total. The number of hydrogen-bond acceptors (Lipinski definition) is 2. The average Bonchev–Trinajstić information content (AvgIpc) is 2.48. The van der Waals surface area contributed by atoms with Gasteiger partial charge < -0.3 is 5.73 Å². The number of hydrogen-bond donors (Lipinski definition) is 1. The summed E-state index contributed by atoms with van der Waals surface area (Å²) in [6.07, 6.45) is 6.28. The third-order valence-corrected chi connectivity index (χ3v) is 5.07. The molecule has 3 fully saturated rings. The normalized spacial score (nSPS) is 29.8. The van der Waals surface area contributed by atoms with Crippen molar-refractivity contribution in [3.05, 3.63) is 35.6 Å². The zero-order valence-corrected chi connectivity index (χ0v) is 12.1. The van der Waals surface area contributed by atoms with E-state index in [1.165, 1.54) is 31.4 Å². The topological polar surface area (TPSA) is 29.3 Å². The third kappa shape index (κ3) is 3.04. The van der Waals surface area contributed by atoms with E-state index in [0.29, 0.717) is 0 Å². The van der Waals surface area contributed by atoms with Gasteiger partial charge in [-0.25, -0.2) is 4.39 Å². The van der Waals surface area contributed by atoms with Gasteiger partial charge in [-0.05, 0) is 74.7 Å². The maximum Gasteiger partial charge on any atom is 0.123 e. The molecular formula is C17H25FN2. The number of halogens is 1. The van der Waals surface area contributed by atoms with E-state index in [2.05, 4.69) is 4.90 Å². The van der Waals surface area contributed by atoms with Crippen LogP contribution in [-0.2, 0) is 6.42 Å². The van der Waals surface area contributed by atoms with Crippen LogP contribution in [0.25, 0.3) is 0 Å². The predicted octanol–water partition coefficient (Wildman–Crippen LogP) is 2.82. The van der Waals surface area contributed by atoms with Gasteiger partial charge in [-0.3, -0.25) is 4.90 Å². The Labute approximate surface area is 121 Å². The van der Waals surface area contributed by atoms with Gasteiger partial charge in [0.2, 0.25) is 0 Å². The molecule has 2 saturated heterocycles. The molecule has 2 bridgehead atoms. The van der Waals surface area contributed by atoms with Crippen LogP contribution in [0.15, 0.2) is 24.3 Å². The fourth-order valence-corrected chi connectivity index (χ4v) is 4.15. The SMILES string of the molecule is NCCCN1C[C@@H]2CC[C@H]1[C@H](Cc1ccc(F)cc1)C2. The van der Waals surface area contributed by atoms with Crippen molar-refractivity contribution >= 4 is 0 Å². The standard InChI is InChI=1S/C17H25FN2/c18-16-5-2-13(3-6-16)10-15-11-14-4-7-17(15)20(12-14)9-1-8-19/h2-3,5-6,14-15,17H,1,4,7-12,19H2/t14-,15-,17+/m1/s1. The first kappa shape index (κ1) is 14.0. The number of benzene rings is 1. The smallest absolute Gasteiger partial charge is 0.123 e. The van der Waals surface area contributed by atoms with Crippen molar-refractivity contribution < 1.29 is 4.39 Å². The molecule has 4 rings (SSSR count). The molecule has 1 saturated carbocycles. The summed E-state index contributed by atoms with van der Waals surface area (Å²) in [5.74, 6) is 1.47. The van der Waals surface area contributed by atoms with E-state index in [1.54, 1.807) is 12.1 Å². The van der Waals surface area contributed by atoms with Gasteiger partial charge in [0.25, 0.3) is 0 Å². The van der Waals surface area contributed by atoms with Crippen LogP contribution >= 0.6 is 0 Å². The molecule has 0 radical (unpaired) electrons. The molecule has 20 heavy (non-hydrogen) atoms. The van der Waals surface area contributed by atoms with Gasteiger partial charge in [0, 0.05) is 12.6 Å². The minimum Gasteiger partial charge on any atom is -0.330 e. The Bertz CT molecular complexity index is 431. The molecule has 0 spiro atoms. The fraction of sp³-hybridized carbons (Fsp3) is 0.647. The zero-order chi connectivity index (χ0) is 13.9. The highest BCUT2D eigenvalue weighted by Crippen LogP contribution is 2.40. The lowest BCUT2D eigenvalue weighted by atomic mass is 9.70. The highest BCUT2D eigenvalue weighted by molar-refractivity contribution is 5.17. The highest BCUT2D eigenvalue weighted by Gasteiger charge is 2.39. The number of fused-ring (bicyclic) bond motifs is 3. The lowest BCUT2D eigenvalue weighted by Crippen LogP contribution is -2.53. The maximum atomic E-state index is 13.0. The van der Waals surface area contributed by atoms with Gasteiger partial charge in [-0.1, -0.05) is 12.1 Å². The highest BCUT2D eigenvalue weighted by atomic mass is 19.1. The molecule has 0 unspecified atom stereocenters. The number of nitrogens with zero attached hydrogens (tertiary/aromatic N) is 1. The van der Waals surface area contributed by atoms with Crippen LogP contribution in [0.3, 0.4) is 0 Å². The van der Waals surface area contributed by atoms with E-state index in [-0.39, 0.29) is 5.82 Å². The van der Waals surface area contributed by atoms with Crippen molar-refractivity contribution in [3.63, 3.8) is 0 Å². The van der Waals surface area contributed by atoms with E-state index in [9.17, 15) is 4.39 Å². The summed E-state index contributed by atoms with van der Waals surface area (Å²) >= 11 is 0. The van der Waals surface area contributed by atoms with Crippen LogP contribution in [-0.4, -0.2) is 30.6 Å². The summed E-state index contributed by atoms with van der Waals surface area (Å²) in [7, 11) is 0. The summed E-state index contributed by atoms with van der Waals surface area (Å²) in [5, 5.41) is 0. The van der Waals surface area contributed by atoms with Crippen molar-refractivity contribution in [3.8, 4) is 0 Å². The van der Waals surface area contributed by atoms with Crippen molar-refractivity contribution in [2.24, 2.45) is 17.6 Å². The van der Waals surface area contributed by atoms with Crippen LogP contribution < -0.4 is 5.73 Å². The zero-order valence-electron chi connectivity index (χ0n) is 12.1. The predicted molar refractivity (Wildman–Crippen MR) is 80.0 cm³/mol. The minimum absolute atomic E-state index is 0.136. The van der Waals surface area contributed by atoms with Crippen molar-refractivity contribution in [2.75, 3.05) is 19.6 Å². The molecule has 0 aromatic heterocycles. The summed E-state index contributed by atoms with van der Waals surface area (Å²) in [6, 6.07) is 7.78. The van der Waals surface area contributed by atoms with Gasteiger partial charge in [0.05, 0.1) is 0 Å². The van der Waals surface area contributed by atoms with Crippen LogP contribution in [0.4, 0.5) is 4.39 Å². The fourth-order valence-electron chi connectivity index (χ4n) is 4.15. The Balaban J connectivity index is 1.65. The van der Waals surface area contributed by atoms with Gasteiger partial charge in [0.15, 0.2) is 0 Å². The lowest BCUT2D eigenvalue weighted by molar-refractivity contribution is 0.00118. The summed E-state index contributed by atoms with van der Waals surface area (Å²) < 4.78 is 13.0. The van der Waals surface area contributed by atoms with E-state index < -0.39 is 0 Å². The summed E-state index contributed by atoms with van der Waals surface area (Å²) in [6.45, 7) is 3.21. The van der Waals surface area contributed by atoms with Gasteiger partial charge in [-0.15, -0.1) is 0 Å². The monoisotopic (exact) mass is 276 g/mol. The molecule has 110 valence electrons. The Hall–Kier alpha value is -0.930. The van der Waals surface area contributed by atoms with E-state index >= 15 is 0 Å². The Kier molecular flexibility index (Phi) is 4.37.